The number of aliphatic hydroxyl groups is 2. The van der Waals surface area contributed by atoms with E-state index in [0.717, 1.165) is 22.3 Å². The van der Waals surface area contributed by atoms with E-state index in [1.807, 2.05) is 24.3 Å². The van der Waals surface area contributed by atoms with E-state index < -0.39 is 6.10 Å². The molecule has 0 fully saturated rings. The van der Waals surface area contributed by atoms with Crippen molar-refractivity contribution in [2.75, 3.05) is 25.6 Å². The highest BCUT2D eigenvalue weighted by atomic mass is 16.5. The maximum absolute atomic E-state index is 9.35. The van der Waals surface area contributed by atoms with Gasteiger partial charge in [-0.2, -0.15) is 0 Å². The summed E-state index contributed by atoms with van der Waals surface area (Å²) < 4.78 is 5.22. The number of fused-ring (bicyclic) bond motifs is 1. The van der Waals surface area contributed by atoms with Crippen LogP contribution in [-0.2, 0) is 0 Å². The van der Waals surface area contributed by atoms with Crippen LogP contribution in [0.15, 0.2) is 30.5 Å². The van der Waals surface area contributed by atoms with E-state index in [1.165, 1.54) is 0 Å². The van der Waals surface area contributed by atoms with E-state index in [2.05, 4.69) is 10.3 Å². The van der Waals surface area contributed by atoms with Crippen molar-refractivity contribution in [2.24, 2.45) is 0 Å². The van der Waals surface area contributed by atoms with Gasteiger partial charge in [0, 0.05) is 24.2 Å². The number of anilines is 1. The number of nitrogens with one attached hydrogen (secondary N) is 1. The van der Waals surface area contributed by atoms with Crippen molar-refractivity contribution in [3.8, 4) is 5.75 Å². The molecule has 0 amide bonds. The van der Waals surface area contributed by atoms with Crippen LogP contribution in [0.5, 0.6) is 5.75 Å². The molecule has 5 heteroatoms. The molecule has 96 valence electrons. The molecule has 1 heterocycles. The van der Waals surface area contributed by atoms with E-state index >= 15 is 0 Å². The Morgan fingerprint density at radius 1 is 1.44 bits per heavy atom. The van der Waals surface area contributed by atoms with Gasteiger partial charge in [-0.05, 0) is 12.1 Å². The van der Waals surface area contributed by atoms with E-state index in [0.29, 0.717) is 0 Å². The lowest BCUT2D eigenvalue weighted by molar-refractivity contribution is 0.105. The van der Waals surface area contributed by atoms with Gasteiger partial charge >= 0.3 is 0 Å². The summed E-state index contributed by atoms with van der Waals surface area (Å²) in [6.07, 6.45) is 0.914. The average molecular weight is 248 g/mol. The second-order valence-corrected chi connectivity index (χ2v) is 3.97. The molecule has 0 aliphatic rings. The van der Waals surface area contributed by atoms with Crippen LogP contribution in [0.1, 0.15) is 0 Å². The number of aromatic nitrogens is 1. The SMILES string of the molecule is COc1cc(NC[C@H](O)CO)c2ncccc2c1. The molecule has 1 aromatic heterocycles. The third-order valence-electron chi connectivity index (χ3n) is 2.65. The van der Waals surface area contributed by atoms with Crippen LogP contribution in [0.2, 0.25) is 0 Å². The molecule has 1 aromatic carbocycles. The van der Waals surface area contributed by atoms with Crippen molar-refractivity contribution in [2.45, 2.75) is 6.10 Å². The first-order chi connectivity index (χ1) is 8.74. The highest BCUT2D eigenvalue weighted by Gasteiger charge is 2.07. The number of hydrogen-bond acceptors (Lipinski definition) is 5. The molecule has 0 spiro atoms. The maximum atomic E-state index is 9.35. The Balaban J connectivity index is 2.34. The quantitative estimate of drug-likeness (QED) is 0.736. The van der Waals surface area contributed by atoms with Gasteiger partial charge < -0.3 is 20.3 Å². The van der Waals surface area contributed by atoms with E-state index in [-0.39, 0.29) is 13.2 Å². The minimum atomic E-state index is -0.796. The number of nitrogens with zero attached hydrogens (tertiary/aromatic N) is 1. The maximum Gasteiger partial charge on any atom is 0.121 e. The largest absolute Gasteiger partial charge is 0.497 e. The fraction of sp³-hybridized carbons (Fsp3) is 0.308. The minimum absolute atomic E-state index is 0.259. The Labute approximate surface area is 105 Å². The molecule has 0 bridgehead atoms. The van der Waals surface area contributed by atoms with Gasteiger partial charge in [-0.25, -0.2) is 0 Å². The summed E-state index contributed by atoms with van der Waals surface area (Å²) in [6.45, 7) is -0.0162. The van der Waals surface area contributed by atoms with Crippen LogP contribution < -0.4 is 10.1 Å². The zero-order chi connectivity index (χ0) is 13.0. The normalized spacial score (nSPS) is 12.4. The Kier molecular flexibility index (Phi) is 3.96. The smallest absolute Gasteiger partial charge is 0.121 e. The van der Waals surface area contributed by atoms with Crippen molar-refractivity contribution in [3.05, 3.63) is 30.5 Å². The number of rotatable bonds is 5. The van der Waals surface area contributed by atoms with E-state index in [4.69, 9.17) is 9.84 Å². The van der Waals surface area contributed by atoms with E-state index in [1.54, 1.807) is 13.3 Å². The average Bonchev–Trinajstić information content (AvgIpc) is 2.43. The summed E-state index contributed by atoms with van der Waals surface area (Å²) in [5.74, 6) is 0.719. The molecule has 3 N–H and O–H groups in total. The Hall–Kier alpha value is -1.85. The lowest BCUT2D eigenvalue weighted by atomic mass is 10.1. The molecule has 0 radical (unpaired) electrons. The third kappa shape index (κ3) is 2.69. The summed E-state index contributed by atoms with van der Waals surface area (Å²) in [5, 5.41) is 22.2. The monoisotopic (exact) mass is 248 g/mol. The van der Waals surface area contributed by atoms with Crippen LogP contribution in [0, 0.1) is 0 Å². The standard InChI is InChI=1S/C13H16N2O3/c1-18-11-5-9-3-2-4-14-13(9)12(6-11)15-7-10(17)8-16/h2-6,10,15-17H,7-8H2,1H3/t10-/m0/s1. The molecule has 0 saturated heterocycles. The molecule has 5 nitrogen and oxygen atoms in total. The number of ether oxygens (including phenoxy) is 1. The second-order valence-electron chi connectivity index (χ2n) is 3.97. The summed E-state index contributed by atoms with van der Waals surface area (Å²) >= 11 is 0. The summed E-state index contributed by atoms with van der Waals surface area (Å²) in [7, 11) is 1.60. The Morgan fingerprint density at radius 3 is 3.00 bits per heavy atom. The highest BCUT2D eigenvalue weighted by Crippen LogP contribution is 2.27. The van der Waals surface area contributed by atoms with Gasteiger partial charge in [0.25, 0.3) is 0 Å². The van der Waals surface area contributed by atoms with Crippen LogP contribution in [0.25, 0.3) is 10.9 Å². The van der Waals surface area contributed by atoms with Gasteiger partial charge in [0.05, 0.1) is 31.0 Å². The van der Waals surface area contributed by atoms with Crippen LogP contribution in [-0.4, -0.2) is 41.6 Å². The first kappa shape index (κ1) is 12.6. The number of methoxy groups -OCH3 is 1. The van der Waals surface area contributed by atoms with Crippen molar-refractivity contribution in [1.82, 2.24) is 4.98 Å². The summed E-state index contributed by atoms with van der Waals surface area (Å²) in [4.78, 5) is 4.30. The molecule has 0 aliphatic carbocycles. The molecule has 0 unspecified atom stereocenters. The van der Waals surface area contributed by atoms with Gasteiger partial charge in [-0.1, -0.05) is 6.07 Å². The van der Waals surface area contributed by atoms with Crippen LogP contribution in [0.3, 0.4) is 0 Å². The van der Waals surface area contributed by atoms with Crippen molar-refractivity contribution >= 4 is 16.6 Å². The zero-order valence-electron chi connectivity index (χ0n) is 10.1. The van der Waals surface area contributed by atoms with Gasteiger partial charge in [-0.3, -0.25) is 4.98 Å². The van der Waals surface area contributed by atoms with Crippen molar-refractivity contribution < 1.29 is 14.9 Å². The molecule has 1 atom stereocenters. The van der Waals surface area contributed by atoms with Crippen molar-refractivity contribution in [1.29, 1.82) is 0 Å². The van der Waals surface area contributed by atoms with Gasteiger partial charge in [-0.15, -0.1) is 0 Å². The van der Waals surface area contributed by atoms with Gasteiger partial charge in [0.2, 0.25) is 0 Å². The topological polar surface area (TPSA) is 74.6 Å². The third-order valence-corrected chi connectivity index (χ3v) is 2.65. The molecule has 0 aliphatic heterocycles. The molecule has 0 saturated carbocycles. The molecular formula is C13H16N2O3. The second kappa shape index (κ2) is 5.66. The lowest BCUT2D eigenvalue weighted by Gasteiger charge is -2.13. The van der Waals surface area contributed by atoms with Crippen molar-refractivity contribution in [3.63, 3.8) is 0 Å². The highest BCUT2D eigenvalue weighted by molar-refractivity contribution is 5.91. The lowest BCUT2D eigenvalue weighted by Crippen LogP contribution is -2.23. The fourth-order valence-corrected chi connectivity index (χ4v) is 1.71. The predicted octanol–water partition coefficient (Wildman–Crippen LogP) is 1.01. The van der Waals surface area contributed by atoms with Gasteiger partial charge in [0.1, 0.15) is 5.75 Å². The van der Waals surface area contributed by atoms with Crippen LogP contribution in [0.4, 0.5) is 5.69 Å². The number of pyridine rings is 1. The fourth-order valence-electron chi connectivity index (χ4n) is 1.71. The molecule has 2 rings (SSSR count). The first-order valence-corrected chi connectivity index (χ1v) is 5.70. The predicted molar refractivity (Wildman–Crippen MR) is 69.9 cm³/mol. The minimum Gasteiger partial charge on any atom is -0.497 e. The number of aliphatic hydroxyl groups excluding tert-OH is 2. The Bertz CT molecular complexity index is 531. The molecule has 18 heavy (non-hydrogen) atoms. The molecule has 2 aromatic rings. The number of hydrogen-bond donors (Lipinski definition) is 3. The van der Waals surface area contributed by atoms with Gasteiger partial charge in [0.15, 0.2) is 0 Å². The van der Waals surface area contributed by atoms with Crippen LogP contribution >= 0.6 is 0 Å². The Morgan fingerprint density at radius 2 is 2.28 bits per heavy atom. The molecular weight excluding hydrogens is 232 g/mol. The number of benzene rings is 1. The summed E-state index contributed by atoms with van der Waals surface area (Å²) in [6, 6.07) is 7.52. The zero-order valence-corrected chi connectivity index (χ0v) is 10.1. The summed E-state index contributed by atoms with van der Waals surface area (Å²) in [5.41, 5.74) is 1.58. The first-order valence-electron chi connectivity index (χ1n) is 5.70. The van der Waals surface area contributed by atoms with E-state index in [9.17, 15) is 5.11 Å².